The summed E-state index contributed by atoms with van der Waals surface area (Å²) in [5.74, 6) is -0.215. The standard InChI is InChI=1S/C15H15BFNO/c1-16-13-8-15(14(17)7-12(13)10-19-16)18-9-11-5-3-2-4-6-11/h2-8,18H,9-10H2,1H3. The van der Waals surface area contributed by atoms with Gasteiger partial charge in [-0.25, -0.2) is 4.39 Å². The molecule has 2 nitrogen and oxygen atoms in total. The van der Waals surface area contributed by atoms with Crippen molar-refractivity contribution in [3.05, 3.63) is 59.4 Å². The molecular formula is C15H15BFNO. The number of rotatable bonds is 3. The van der Waals surface area contributed by atoms with E-state index >= 15 is 0 Å². The second kappa shape index (κ2) is 5.06. The molecule has 2 aromatic carbocycles. The number of nitrogens with one attached hydrogen (secondary N) is 1. The predicted molar refractivity (Wildman–Crippen MR) is 76.2 cm³/mol. The third-order valence-electron chi connectivity index (χ3n) is 3.48. The lowest BCUT2D eigenvalue weighted by atomic mass is 9.64. The van der Waals surface area contributed by atoms with Crippen LogP contribution in [0.5, 0.6) is 0 Å². The Balaban J connectivity index is 1.80. The summed E-state index contributed by atoms with van der Waals surface area (Å²) >= 11 is 0. The van der Waals surface area contributed by atoms with Crippen LogP contribution in [-0.2, 0) is 17.8 Å². The van der Waals surface area contributed by atoms with Crippen LogP contribution in [0, 0.1) is 5.82 Å². The first-order chi connectivity index (χ1) is 9.24. The van der Waals surface area contributed by atoms with Crippen LogP contribution in [0.15, 0.2) is 42.5 Å². The van der Waals surface area contributed by atoms with E-state index in [-0.39, 0.29) is 12.7 Å². The summed E-state index contributed by atoms with van der Waals surface area (Å²) in [7, 11) is 0. The maximum atomic E-state index is 14.0. The first-order valence-corrected chi connectivity index (χ1v) is 6.46. The van der Waals surface area contributed by atoms with Gasteiger partial charge in [0.25, 0.3) is 0 Å². The molecule has 1 aliphatic rings. The number of benzene rings is 2. The van der Waals surface area contributed by atoms with Gasteiger partial charge in [0, 0.05) is 6.54 Å². The van der Waals surface area contributed by atoms with E-state index in [1.54, 1.807) is 6.07 Å². The Morgan fingerprint density at radius 3 is 2.84 bits per heavy atom. The lowest BCUT2D eigenvalue weighted by Gasteiger charge is -2.10. The van der Waals surface area contributed by atoms with E-state index in [0.717, 1.165) is 16.6 Å². The third-order valence-corrected chi connectivity index (χ3v) is 3.48. The average Bonchev–Trinajstić information content (AvgIpc) is 2.78. The molecule has 0 radical (unpaired) electrons. The molecule has 0 unspecified atom stereocenters. The fourth-order valence-electron chi connectivity index (χ4n) is 2.37. The number of fused-ring (bicyclic) bond motifs is 1. The van der Waals surface area contributed by atoms with Crippen LogP contribution in [0.1, 0.15) is 11.1 Å². The molecule has 0 spiro atoms. The van der Waals surface area contributed by atoms with Gasteiger partial charge in [-0.2, -0.15) is 0 Å². The van der Waals surface area contributed by atoms with Crippen molar-refractivity contribution in [1.82, 2.24) is 0 Å². The zero-order valence-electron chi connectivity index (χ0n) is 10.8. The summed E-state index contributed by atoms with van der Waals surface area (Å²) in [6, 6.07) is 13.4. The number of hydrogen-bond donors (Lipinski definition) is 1. The molecule has 1 aliphatic heterocycles. The predicted octanol–water partition coefficient (Wildman–Crippen LogP) is 2.80. The highest BCUT2D eigenvalue weighted by atomic mass is 19.1. The minimum atomic E-state index is -0.215. The van der Waals surface area contributed by atoms with Crippen molar-refractivity contribution in [2.24, 2.45) is 0 Å². The minimum absolute atomic E-state index is 0.0490. The zero-order valence-corrected chi connectivity index (χ0v) is 10.8. The van der Waals surface area contributed by atoms with Crippen molar-refractivity contribution in [2.45, 2.75) is 20.0 Å². The smallest absolute Gasteiger partial charge is 0.324 e. The van der Waals surface area contributed by atoms with Crippen molar-refractivity contribution >= 4 is 18.1 Å². The molecule has 0 atom stereocenters. The van der Waals surface area contributed by atoms with Crippen LogP contribution in [0.25, 0.3) is 0 Å². The first kappa shape index (κ1) is 12.2. The second-order valence-electron chi connectivity index (χ2n) is 4.82. The molecule has 0 saturated heterocycles. The van der Waals surface area contributed by atoms with Crippen molar-refractivity contribution < 1.29 is 9.04 Å². The molecule has 19 heavy (non-hydrogen) atoms. The van der Waals surface area contributed by atoms with Crippen LogP contribution < -0.4 is 10.8 Å². The van der Waals surface area contributed by atoms with Gasteiger partial charge in [-0.15, -0.1) is 0 Å². The van der Waals surface area contributed by atoms with Gasteiger partial charge in [0.2, 0.25) is 0 Å². The summed E-state index contributed by atoms with van der Waals surface area (Å²) in [6.07, 6.45) is 0. The average molecular weight is 255 g/mol. The molecule has 0 saturated carbocycles. The van der Waals surface area contributed by atoms with E-state index in [1.807, 2.05) is 43.2 Å². The molecule has 0 aliphatic carbocycles. The molecular weight excluding hydrogens is 240 g/mol. The van der Waals surface area contributed by atoms with Crippen molar-refractivity contribution in [2.75, 3.05) is 5.32 Å². The summed E-state index contributed by atoms with van der Waals surface area (Å²) in [5, 5.41) is 3.15. The molecule has 4 heteroatoms. The van der Waals surface area contributed by atoms with Gasteiger partial charge in [-0.3, -0.25) is 0 Å². The van der Waals surface area contributed by atoms with Gasteiger partial charge in [0.05, 0.1) is 12.3 Å². The van der Waals surface area contributed by atoms with Crippen LogP contribution in [0.3, 0.4) is 0 Å². The molecule has 0 amide bonds. The summed E-state index contributed by atoms with van der Waals surface area (Å²) in [6.45, 7) is 3.16. The van der Waals surface area contributed by atoms with Gasteiger partial charge in [0.15, 0.2) is 0 Å². The third kappa shape index (κ3) is 2.49. The Kier molecular flexibility index (Phi) is 3.26. The van der Waals surface area contributed by atoms with Crippen LogP contribution >= 0.6 is 0 Å². The van der Waals surface area contributed by atoms with E-state index in [1.165, 1.54) is 0 Å². The van der Waals surface area contributed by atoms with Crippen LogP contribution in [-0.4, -0.2) is 6.92 Å². The normalized spacial score (nSPS) is 13.5. The maximum absolute atomic E-state index is 14.0. The number of halogens is 1. The second-order valence-corrected chi connectivity index (χ2v) is 4.82. The Morgan fingerprint density at radius 2 is 2.05 bits per heavy atom. The summed E-state index contributed by atoms with van der Waals surface area (Å²) < 4.78 is 19.5. The van der Waals surface area contributed by atoms with Crippen molar-refractivity contribution in [3.63, 3.8) is 0 Å². The largest absolute Gasteiger partial charge is 0.427 e. The molecule has 1 N–H and O–H groups in total. The fraction of sp³-hybridized carbons (Fsp3) is 0.200. The Morgan fingerprint density at radius 1 is 1.26 bits per heavy atom. The number of anilines is 1. The fourth-order valence-corrected chi connectivity index (χ4v) is 2.37. The highest BCUT2D eigenvalue weighted by Crippen LogP contribution is 2.20. The van der Waals surface area contributed by atoms with Gasteiger partial charge in [-0.05, 0) is 28.7 Å². The Hall–Kier alpha value is -1.81. The Labute approximate surface area is 112 Å². The van der Waals surface area contributed by atoms with Gasteiger partial charge in [0.1, 0.15) is 5.82 Å². The SMILES string of the molecule is CB1OCc2cc(F)c(NCc3ccccc3)cc21. The highest BCUT2D eigenvalue weighted by molar-refractivity contribution is 6.67. The van der Waals surface area contributed by atoms with E-state index in [4.69, 9.17) is 4.65 Å². The van der Waals surface area contributed by atoms with Gasteiger partial charge in [-0.1, -0.05) is 37.2 Å². The quantitative estimate of drug-likeness (QED) is 0.851. The molecule has 0 aromatic heterocycles. The summed E-state index contributed by atoms with van der Waals surface area (Å²) in [5.41, 5.74) is 3.71. The van der Waals surface area contributed by atoms with Crippen molar-refractivity contribution in [1.29, 1.82) is 0 Å². The lowest BCUT2D eigenvalue weighted by molar-refractivity contribution is 0.333. The highest BCUT2D eigenvalue weighted by Gasteiger charge is 2.24. The molecule has 0 bridgehead atoms. The van der Waals surface area contributed by atoms with E-state index in [2.05, 4.69) is 5.32 Å². The topological polar surface area (TPSA) is 21.3 Å². The number of hydrogen-bond acceptors (Lipinski definition) is 2. The van der Waals surface area contributed by atoms with E-state index < -0.39 is 0 Å². The van der Waals surface area contributed by atoms with Gasteiger partial charge < -0.3 is 9.97 Å². The molecule has 3 rings (SSSR count). The van der Waals surface area contributed by atoms with Crippen molar-refractivity contribution in [3.8, 4) is 0 Å². The maximum Gasteiger partial charge on any atom is 0.324 e. The van der Waals surface area contributed by atoms with E-state index in [0.29, 0.717) is 18.8 Å². The minimum Gasteiger partial charge on any atom is -0.427 e. The Bertz CT molecular complexity index is 588. The molecule has 2 aromatic rings. The van der Waals surface area contributed by atoms with E-state index in [9.17, 15) is 4.39 Å². The lowest BCUT2D eigenvalue weighted by Crippen LogP contribution is -2.25. The molecule has 96 valence electrons. The monoisotopic (exact) mass is 255 g/mol. The van der Waals surface area contributed by atoms with Gasteiger partial charge >= 0.3 is 6.92 Å². The van der Waals surface area contributed by atoms with Crippen LogP contribution in [0.4, 0.5) is 10.1 Å². The molecule has 0 fully saturated rings. The molecule has 1 heterocycles. The summed E-state index contributed by atoms with van der Waals surface area (Å²) in [4.78, 5) is 0. The first-order valence-electron chi connectivity index (χ1n) is 6.46. The van der Waals surface area contributed by atoms with Crippen LogP contribution in [0.2, 0.25) is 6.82 Å². The zero-order chi connectivity index (χ0) is 13.2.